The second-order valence-corrected chi connectivity index (χ2v) is 18.0. The smallest absolute Gasteiger partial charge is 0.164 e. The summed E-state index contributed by atoms with van der Waals surface area (Å²) in [5, 5.41) is 9.43. The van der Waals surface area contributed by atoms with E-state index in [0.717, 1.165) is 72.1 Å². The minimum atomic E-state index is 0.613. The Bertz CT molecular complexity index is 4200. The van der Waals surface area contributed by atoms with Crippen LogP contribution in [0.2, 0.25) is 0 Å². The van der Waals surface area contributed by atoms with Crippen LogP contribution in [0, 0.1) is 0 Å². The molecule has 0 spiro atoms. The highest BCUT2D eigenvalue weighted by Crippen LogP contribution is 2.42. The van der Waals surface area contributed by atoms with Crippen LogP contribution in [-0.4, -0.2) is 24.1 Å². The molecule has 3 aromatic heterocycles. The Morgan fingerprint density at radius 2 is 0.657 bits per heavy atom. The number of rotatable bonds is 7. The molecule has 0 bridgehead atoms. The predicted octanol–water partition coefficient (Wildman–Crippen LogP) is 16.7. The quantitative estimate of drug-likeness (QED) is 0.160. The molecule has 14 rings (SSSR count). The first-order valence-electron chi connectivity index (χ1n) is 23.8. The van der Waals surface area contributed by atoms with Gasteiger partial charge in [0.2, 0.25) is 0 Å². The first-order valence-corrected chi connectivity index (χ1v) is 23.8. The monoisotopic (exact) mass is 891 g/mol. The van der Waals surface area contributed by atoms with Crippen LogP contribution < -0.4 is 0 Å². The summed E-state index contributed by atoms with van der Waals surface area (Å²) in [6, 6.07) is 88.8. The Morgan fingerprint density at radius 1 is 0.229 bits per heavy atom. The second kappa shape index (κ2) is 16.1. The third-order valence-corrected chi connectivity index (χ3v) is 13.9. The van der Waals surface area contributed by atoms with Gasteiger partial charge in [-0.05, 0) is 93.7 Å². The highest BCUT2D eigenvalue weighted by molar-refractivity contribution is 6.17. The van der Waals surface area contributed by atoms with Crippen molar-refractivity contribution in [1.29, 1.82) is 0 Å². The number of benzene rings is 11. The van der Waals surface area contributed by atoms with Crippen LogP contribution in [0.25, 0.3) is 133 Å². The van der Waals surface area contributed by atoms with Crippen molar-refractivity contribution in [3.8, 4) is 67.8 Å². The van der Waals surface area contributed by atoms with Crippen molar-refractivity contribution in [2.45, 2.75) is 0 Å². The summed E-state index contributed by atoms with van der Waals surface area (Å²) < 4.78 is 4.89. The van der Waals surface area contributed by atoms with Crippen LogP contribution in [0.4, 0.5) is 0 Å². The van der Waals surface area contributed by atoms with E-state index >= 15 is 0 Å². The molecule has 0 radical (unpaired) electrons. The molecule has 3 heterocycles. The molecule has 0 saturated carbocycles. The Hall–Kier alpha value is -9.45. The molecular formula is C65H41N5. The van der Waals surface area contributed by atoms with E-state index < -0.39 is 0 Å². The molecule has 0 N–H and O–H groups in total. The normalized spacial score (nSPS) is 11.7. The molecule has 0 unspecified atom stereocenters. The molecule has 0 fully saturated rings. The van der Waals surface area contributed by atoms with Crippen LogP contribution in [0.3, 0.4) is 0 Å². The number of hydrogen-bond acceptors (Lipinski definition) is 3. The van der Waals surface area contributed by atoms with Crippen LogP contribution >= 0.6 is 0 Å². The van der Waals surface area contributed by atoms with E-state index in [1.807, 2.05) is 12.1 Å². The summed E-state index contributed by atoms with van der Waals surface area (Å²) in [5.74, 6) is 1.84. The number of aromatic nitrogens is 5. The summed E-state index contributed by atoms with van der Waals surface area (Å²) in [6.45, 7) is 0. The maximum atomic E-state index is 5.34. The minimum Gasteiger partial charge on any atom is -0.309 e. The predicted molar refractivity (Wildman–Crippen MR) is 291 cm³/mol. The van der Waals surface area contributed by atoms with Gasteiger partial charge < -0.3 is 9.13 Å². The maximum Gasteiger partial charge on any atom is 0.164 e. The SMILES string of the molecule is c1ccc(-c2cccc(-c3nc(-c4cccc(-c5ccccc5)c4)nc(-c4ccc(-n5c6ccccc6c6cc7cccc(-n8c9ccccc9c9ccccc98)c7cc65)c5ccccc45)n3)c2)cc1. The van der Waals surface area contributed by atoms with Crippen molar-refractivity contribution in [2.75, 3.05) is 0 Å². The lowest BCUT2D eigenvalue weighted by Gasteiger charge is -2.16. The van der Waals surface area contributed by atoms with Gasteiger partial charge in [0.15, 0.2) is 17.5 Å². The van der Waals surface area contributed by atoms with Crippen molar-refractivity contribution in [3.63, 3.8) is 0 Å². The summed E-state index contributed by atoms with van der Waals surface area (Å²) >= 11 is 0. The zero-order chi connectivity index (χ0) is 46.1. The average molecular weight is 892 g/mol. The number of nitrogens with zero attached hydrogens (tertiary/aromatic N) is 5. The third-order valence-electron chi connectivity index (χ3n) is 13.9. The number of fused-ring (bicyclic) bond motifs is 8. The number of hydrogen-bond donors (Lipinski definition) is 0. The van der Waals surface area contributed by atoms with Crippen molar-refractivity contribution in [1.82, 2.24) is 24.1 Å². The van der Waals surface area contributed by atoms with Crippen molar-refractivity contribution >= 4 is 65.2 Å². The van der Waals surface area contributed by atoms with Crippen molar-refractivity contribution in [2.24, 2.45) is 0 Å². The molecule has 326 valence electrons. The standard InChI is InChI=1S/C65H41N5/c1-3-18-42(19-4-1)44-22-15-25-47(38-44)63-66-64(48-26-16-23-45(39-48)43-20-5-2-6-21-43)68-65(67-63)54-36-37-61(50-28-8-7-27-49(50)54)70-59-34-14-11-31-53(59)56-40-46-24-17-35-60(55(46)41-62(56)70)69-57-32-12-9-29-51(57)52-30-10-13-33-58(52)69/h1-41H. The van der Waals surface area contributed by atoms with E-state index in [4.69, 9.17) is 15.0 Å². The molecule has 0 aliphatic carbocycles. The number of para-hydroxylation sites is 3. The maximum absolute atomic E-state index is 5.34. The molecule has 5 heteroatoms. The topological polar surface area (TPSA) is 48.5 Å². The Kier molecular flexibility index (Phi) is 9.14. The average Bonchev–Trinajstić information content (AvgIpc) is 3.94. The molecule has 0 saturated heterocycles. The van der Waals surface area contributed by atoms with E-state index in [1.54, 1.807) is 0 Å². The van der Waals surface area contributed by atoms with Gasteiger partial charge in [0, 0.05) is 49.0 Å². The van der Waals surface area contributed by atoms with Gasteiger partial charge in [0.05, 0.1) is 33.4 Å². The molecule has 0 amide bonds. The zero-order valence-electron chi connectivity index (χ0n) is 37.9. The molecule has 0 aliphatic rings. The largest absolute Gasteiger partial charge is 0.309 e. The third kappa shape index (κ3) is 6.44. The van der Waals surface area contributed by atoms with Gasteiger partial charge in [-0.2, -0.15) is 0 Å². The van der Waals surface area contributed by atoms with Crippen molar-refractivity contribution < 1.29 is 0 Å². The fraction of sp³-hybridized carbons (Fsp3) is 0. The zero-order valence-corrected chi connectivity index (χ0v) is 37.9. The fourth-order valence-electron chi connectivity index (χ4n) is 10.7. The van der Waals surface area contributed by atoms with E-state index in [2.05, 4.69) is 246 Å². The van der Waals surface area contributed by atoms with Gasteiger partial charge in [-0.3, -0.25) is 0 Å². The first-order chi connectivity index (χ1) is 34.7. The lowest BCUT2D eigenvalue weighted by Crippen LogP contribution is -2.02. The van der Waals surface area contributed by atoms with Crippen LogP contribution in [0.5, 0.6) is 0 Å². The van der Waals surface area contributed by atoms with Gasteiger partial charge in [0.25, 0.3) is 0 Å². The highest BCUT2D eigenvalue weighted by atomic mass is 15.0. The van der Waals surface area contributed by atoms with Crippen molar-refractivity contribution in [3.05, 3.63) is 249 Å². The van der Waals surface area contributed by atoms with Gasteiger partial charge in [-0.1, -0.05) is 188 Å². The second-order valence-electron chi connectivity index (χ2n) is 18.0. The summed E-state index contributed by atoms with van der Waals surface area (Å²) in [4.78, 5) is 15.9. The van der Waals surface area contributed by atoms with Gasteiger partial charge in [-0.25, -0.2) is 15.0 Å². The highest BCUT2D eigenvalue weighted by Gasteiger charge is 2.21. The first kappa shape index (κ1) is 39.7. The van der Waals surface area contributed by atoms with Crippen LogP contribution in [-0.2, 0) is 0 Å². The Morgan fingerprint density at radius 3 is 1.24 bits per heavy atom. The Balaban J connectivity index is 0.984. The van der Waals surface area contributed by atoms with Gasteiger partial charge in [0.1, 0.15) is 0 Å². The summed E-state index contributed by atoms with van der Waals surface area (Å²) in [5.41, 5.74) is 14.1. The molecule has 70 heavy (non-hydrogen) atoms. The molecule has 0 atom stereocenters. The summed E-state index contributed by atoms with van der Waals surface area (Å²) in [7, 11) is 0. The molecule has 5 nitrogen and oxygen atoms in total. The van der Waals surface area contributed by atoms with Gasteiger partial charge >= 0.3 is 0 Å². The minimum absolute atomic E-state index is 0.613. The molecular weight excluding hydrogens is 851 g/mol. The van der Waals surface area contributed by atoms with E-state index in [9.17, 15) is 0 Å². The fourth-order valence-corrected chi connectivity index (χ4v) is 10.7. The van der Waals surface area contributed by atoms with E-state index in [1.165, 1.54) is 43.4 Å². The Labute approximate surface area is 403 Å². The van der Waals surface area contributed by atoms with E-state index in [-0.39, 0.29) is 0 Å². The van der Waals surface area contributed by atoms with Crippen LogP contribution in [0.1, 0.15) is 0 Å². The lowest BCUT2D eigenvalue weighted by molar-refractivity contribution is 1.08. The molecule has 11 aromatic carbocycles. The lowest BCUT2D eigenvalue weighted by atomic mass is 10.0. The van der Waals surface area contributed by atoms with E-state index in [0.29, 0.717) is 17.5 Å². The van der Waals surface area contributed by atoms with Crippen LogP contribution in [0.15, 0.2) is 249 Å². The van der Waals surface area contributed by atoms with Gasteiger partial charge in [-0.15, -0.1) is 0 Å². The molecule has 0 aliphatic heterocycles. The summed E-state index contributed by atoms with van der Waals surface area (Å²) in [6.07, 6.45) is 0. The molecule has 14 aromatic rings.